The molecular weight excluding hydrogens is 371 g/mol. The summed E-state index contributed by atoms with van der Waals surface area (Å²) in [6.07, 6.45) is 0. The number of ether oxygens (including phenoxy) is 1. The number of amides is 1. The standard InChI is InChI=1S/C16H10Cl2N2O3S/c17-9-5-6-10(11(18)7-9)15(22)23-8-14(21)20-16-19-12-3-1-2-4-13(12)24-16/h1-7H,8H2,(H,19,20,21). The maximum atomic E-state index is 11.9. The summed E-state index contributed by atoms with van der Waals surface area (Å²) in [6.45, 7) is -0.437. The molecule has 0 fully saturated rings. The maximum absolute atomic E-state index is 11.9. The Hall–Kier alpha value is -2.15. The van der Waals surface area contributed by atoms with Crippen LogP contribution in [0.25, 0.3) is 10.2 Å². The molecule has 1 amide bonds. The fourth-order valence-electron chi connectivity index (χ4n) is 1.94. The topological polar surface area (TPSA) is 68.3 Å². The van der Waals surface area contributed by atoms with Crippen molar-refractivity contribution in [2.24, 2.45) is 0 Å². The third-order valence-corrected chi connectivity index (χ3v) is 4.53. The lowest BCUT2D eigenvalue weighted by molar-refractivity contribution is -0.119. The number of carbonyl (C=O) groups is 2. The third-order valence-electron chi connectivity index (χ3n) is 3.03. The van der Waals surface area contributed by atoms with Crippen molar-refractivity contribution < 1.29 is 14.3 Å². The Bertz CT molecular complexity index is 894. The van der Waals surface area contributed by atoms with E-state index in [-0.39, 0.29) is 10.6 Å². The fourth-order valence-corrected chi connectivity index (χ4v) is 3.31. The lowest BCUT2D eigenvalue weighted by Crippen LogP contribution is -2.21. The first-order valence-electron chi connectivity index (χ1n) is 6.80. The van der Waals surface area contributed by atoms with Gasteiger partial charge in [-0.05, 0) is 30.3 Å². The molecule has 0 radical (unpaired) electrons. The Balaban J connectivity index is 1.59. The number of fused-ring (bicyclic) bond motifs is 1. The van der Waals surface area contributed by atoms with Gasteiger partial charge in [-0.15, -0.1) is 0 Å². The molecule has 1 heterocycles. The van der Waals surface area contributed by atoms with Crippen molar-refractivity contribution in [3.63, 3.8) is 0 Å². The number of carbonyl (C=O) groups excluding carboxylic acids is 2. The summed E-state index contributed by atoms with van der Waals surface area (Å²) >= 11 is 13.0. The first kappa shape index (κ1) is 16.7. The SMILES string of the molecule is O=C(COC(=O)c1ccc(Cl)cc1Cl)Nc1nc2ccccc2s1. The summed E-state index contributed by atoms with van der Waals surface area (Å²) in [5.74, 6) is -1.18. The van der Waals surface area contributed by atoms with Gasteiger partial charge in [0.15, 0.2) is 11.7 Å². The number of thiazole rings is 1. The van der Waals surface area contributed by atoms with Crippen LogP contribution in [0.4, 0.5) is 5.13 Å². The zero-order valence-corrected chi connectivity index (χ0v) is 14.4. The molecule has 1 aromatic heterocycles. The number of rotatable bonds is 4. The molecule has 0 saturated carbocycles. The maximum Gasteiger partial charge on any atom is 0.340 e. The zero-order valence-electron chi connectivity index (χ0n) is 12.1. The van der Waals surface area contributed by atoms with Crippen LogP contribution in [0.1, 0.15) is 10.4 Å². The fraction of sp³-hybridized carbons (Fsp3) is 0.0625. The van der Waals surface area contributed by atoms with Crippen LogP contribution in [-0.2, 0) is 9.53 Å². The largest absolute Gasteiger partial charge is 0.452 e. The number of halogens is 2. The van der Waals surface area contributed by atoms with Crippen LogP contribution in [0, 0.1) is 0 Å². The summed E-state index contributed by atoms with van der Waals surface area (Å²) in [5.41, 5.74) is 0.941. The van der Waals surface area contributed by atoms with E-state index in [1.54, 1.807) is 0 Å². The second-order valence-electron chi connectivity index (χ2n) is 4.74. The van der Waals surface area contributed by atoms with Gasteiger partial charge in [-0.25, -0.2) is 9.78 Å². The summed E-state index contributed by atoms with van der Waals surface area (Å²) < 4.78 is 5.91. The molecule has 0 aliphatic heterocycles. The van der Waals surface area contributed by atoms with Crippen LogP contribution in [0.2, 0.25) is 10.0 Å². The molecule has 8 heteroatoms. The highest BCUT2D eigenvalue weighted by Gasteiger charge is 2.15. The van der Waals surface area contributed by atoms with E-state index >= 15 is 0 Å². The molecule has 1 N–H and O–H groups in total. The second-order valence-corrected chi connectivity index (χ2v) is 6.61. The zero-order chi connectivity index (χ0) is 17.1. The Kier molecular flexibility index (Phi) is 4.99. The van der Waals surface area contributed by atoms with E-state index in [1.807, 2.05) is 24.3 Å². The van der Waals surface area contributed by atoms with Gasteiger partial charge < -0.3 is 4.74 Å². The van der Waals surface area contributed by atoms with Crippen LogP contribution in [0.5, 0.6) is 0 Å². The van der Waals surface area contributed by atoms with E-state index in [4.69, 9.17) is 27.9 Å². The van der Waals surface area contributed by atoms with E-state index in [0.717, 1.165) is 10.2 Å². The van der Waals surface area contributed by atoms with Crippen molar-refractivity contribution in [1.82, 2.24) is 4.98 Å². The number of anilines is 1. The summed E-state index contributed by atoms with van der Waals surface area (Å²) in [4.78, 5) is 28.1. The van der Waals surface area contributed by atoms with Gasteiger partial charge in [0, 0.05) is 5.02 Å². The molecular formula is C16H10Cl2N2O3S. The van der Waals surface area contributed by atoms with E-state index in [9.17, 15) is 9.59 Å². The minimum Gasteiger partial charge on any atom is -0.452 e. The highest BCUT2D eigenvalue weighted by molar-refractivity contribution is 7.22. The minimum absolute atomic E-state index is 0.147. The highest BCUT2D eigenvalue weighted by Crippen LogP contribution is 2.25. The predicted octanol–water partition coefficient (Wildman–Crippen LogP) is 4.40. The summed E-state index contributed by atoms with van der Waals surface area (Å²) in [5, 5.41) is 3.62. The number of hydrogen-bond acceptors (Lipinski definition) is 5. The monoisotopic (exact) mass is 380 g/mol. The average Bonchev–Trinajstić information content (AvgIpc) is 2.94. The minimum atomic E-state index is -0.698. The van der Waals surface area contributed by atoms with Crippen LogP contribution >= 0.6 is 34.5 Å². The number of esters is 1. The normalized spacial score (nSPS) is 10.6. The summed E-state index contributed by atoms with van der Waals surface area (Å²) in [6, 6.07) is 11.9. The molecule has 0 aliphatic carbocycles. The van der Waals surface area contributed by atoms with Gasteiger partial charge in [-0.3, -0.25) is 10.1 Å². The van der Waals surface area contributed by atoms with Crippen LogP contribution in [-0.4, -0.2) is 23.5 Å². The number of aromatic nitrogens is 1. The van der Waals surface area contributed by atoms with Crippen LogP contribution in [0.3, 0.4) is 0 Å². The number of nitrogens with zero attached hydrogens (tertiary/aromatic N) is 1. The van der Waals surface area contributed by atoms with Gasteiger partial charge in [0.25, 0.3) is 5.91 Å². The molecule has 5 nitrogen and oxygen atoms in total. The van der Waals surface area contributed by atoms with Crippen molar-refractivity contribution in [2.75, 3.05) is 11.9 Å². The Morgan fingerprint density at radius 2 is 1.96 bits per heavy atom. The van der Waals surface area contributed by atoms with E-state index in [2.05, 4.69) is 10.3 Å². The van der Waals surface area contributed by atoms with Gasteiger partial charge in [-0.1, -0.05) is 46.7 Å². The number of benzene rings is 2. The average molecular weight is 381 g/mol. The lowest BCUT2D eigenvalue weighted by atomic mass is 10.2. The van der Waals surface area contributed by atoms with Crippen molar-refractivity contribution in [2.45, 2.75) is 0 Å². The van der Waals surface area contributed by atoms with Crippen LogP contribution < -0.4 is 5.32 Å². The van der Waals surface area contributed by atoms with E-state index in [0.29, 0.717) is 10.2 Å². The van der Waals surface area contributed by atoms with Crippen molar-refractivity contribution >= 4 is 61.8 Å². The smallest absolute Gasteiger partial charge is 0.340 e. The molecule has 122 valence electrons. The Morgan fingerprint density at radius 1 is 1.17 bits per heavy atom. The Labute approximate surface area is 151 Å². The van der Waals surface area contributed by atoms with Crippen molar-refractivity contribution in [3.05, 3.63) is 58.1 Å². The van der Waals surface area contributed by atoms with E-state index < -0.39 is 18.5 Å². The molecule has 0 atom stereocenters. The molecule has 0 aliphatic rings. The Morgan fingerprint density at radius 3 is 2.71 bits per heavy atom. The van der Waals surface area contributed by atoms with Gasteiger partial charge >= 0.3 is 5.97 Å². The summed E-state index contributed by atoms with van der Waals surface area (Å²) in [7, 11) is 0. The molecule has 0 unspecified atom stereocenters. The first-order chi connectivity index (χ1) is 11.5. The quantitative estimate of drug-likeness (QED) is 0.681. The molecule has 0 bridgehead atoms. The number of para-hydroxylation sites is 1. The third kappa shape index (κ3) is 3.84. The van der Waals surface area contributed by atoms with Gasteiger partial charge in [0.05, 0.1) is 20.8 Å². The lowest BCUT2D eigenvalue weighted by Gasteiger charge is -2.06. The van der Waals surface area contributed by atoms with Gasteiger partial charge in [0.1, 0.15) is 0 Å². The van der Waals surface area contributed by atoms with E-state index in [1.165, 1.54) is 29.5 Å². The van der Waals surface area contributed by atoms with Crippen LogP contribution in [0.15, 0.2) is 42.5 Å². The number of nitrogens with one attached hydrogen (secondary N) is 1. The first-order valence-corrected chi connectivity index (χ1v) is 8.38. The van der Waals surface area contributed by atoms with Crippen molar-refractivity contribution in [3.8, 4) is 0 Å². The van der Waals surface area contributed by atoms with Gasteiger partial charge in [0.2, 0.25) is 0 Å². The van der Waals surface area contributed by atoms with Gasteiger partial charge in [-0.2, -0.15) is 0 Å². The number of hydrogen-bond donors (Lipinski definition) is 1. The molecule has 2 aromatic carbocycles. The van der Waals surface area contributed by atoms with Crippen molar-refractivity contribution in [1.29, 1.82) is 0 Å². The molecule has 0 saturated heterocycles. The molecule has 3 aromatic rings. The second kappa shape index (κ2) is 7.17. The predicted molar refractivity (Wildman–Crippen MR) is 95.0 cm³/mol. The molecule has 24 heavy (non-hydrogen) atoms. The molecule has 0 spiro atoms. The highest BCUT2D eigenvalue weighted by atomic mass is 35.5. The molecule has 3 rings (SSSR count).